The van der Waals surface area contributed by atoms with Crippen molar-refractivity contribution >= 4 is 22.4 Å². The van der Waals surface area contributed by atoms with Crippen LogP contribution in [0.15, 0.2) is 35.7 Å². The molecule has 0 unspecified atom stereocenters. The number of methoxy groups -OCH3 is 1. The molecule has 0 aliphatic heterocycles. The van der Waals surface area contributed by atoms with Crippen LogP contribution in [0.25, 0.3) is 0 Å². The maximum atomic E-state index is 11.3. The molecule has 0 aliphatic carbocycles. The van der Waals surface area contributed by atoms with Crippen LogP contribution in [-0.2, 0) is 16.0 Å². The summed E-state index contributed by atoms with van der Waals surface area (Å²) in [7, 11) is 1.49. The Morgan fingerprint density at radius 1 is 1.39 bits per heavy atom. The highest BCUT2D eigenvalue weighted by Crippen LogP contribution is 2.17. The molecule has 2 aromatic rings. The van der Waals surface area contributed by atoms with E-state index in [0.717, 1.165) is 12.1 Å². The predicted molar refractivity (Wildman–Crippen MR) is 71.9 cm³/mol. The largest absolute Gasteiger partial charge is 0.375 e. The summed E-state index contributed by atoms with van der Waals surface area (Å²) in [6, 6.07) is 10.1. The Morgan fingerprint density at radius 2 is 2.17 bits per heavy atom. The van der Waals surface area contributed by atoms with Gasteiger partial charge in [-0.25, -0.2) is 4.98 Å². The number of carbonyl (C=O) groups is 1. The Morgan fingerprint density at radius 3 is 2.89 bits per heavy atom. The Hall–Kier alpha value is -1.72. The number of ether oxygens (including phenoxy) is 1. The summed E-state index contributed by atoms with van der Waals surface area (Å²) in [5, 5.41) is 5.26. The minimum Gasteiger partial charge on any atom is -0.375 e. The molecule has 2 rings (SSSR count). The molecule has 0 saturated carbocycles. The van der Waals surface area contributed by atoms with Gasteiger partial charge in [0.2, 0.25) is 0 Å². The number of amides is 1. The second kappa shape index (κ2) is 6.28. The quantitative estimate of drug-likeness (QED) is 0.899. The van der Waals surface area contributed by atoms with E-state index in [-0.39, 0.29) is 12.5 Å². The number of hydrogen-bond acceptors (Lipinski definition) is 4. The van der Waals surface area contributed by atoms with Gasteiger partial charge in [0, 0.05) is 18.9 Å². The zero-order chi connectivity index (χ0) is 12.8. The highest BCUT2D eigenvalue weighted by atomic mass is 32.1. The summed E-state index contributed by atoms with van der Waals surface area (Å²) in [5.41, 5.74) is 2.16. The number of nitrogens with zero attached hydrogens (tertiary/aromatic N) is 1. The predicted octanol–water partition coefficient (Wildman–Crippen LogP) is 2.32. The molecule has 1 amide bonds. The van der Waals surface area contributed by atoms with Gasteiger partial charge in [0.05, 0.1) is 5.69 Å². The fourth-order valence-corrected chi connectivity index (χ4v) is 2.26. The molecule has 5 heteroatoms. The molecule has 0 spiro atoms. The lowest BCUT2D eigenvalue weighted by Gasteiger charge is -1.99. The van der Waals surface area contributed by atoms with Crippen molar-refractivity contribution in [1.29, 1.82) is 0 Å². The molecule has 1 heterocycles. The maximum absolute atomic E-state index is 11.3. The first-order valence-electron chi connectivity index (χ1n) is 5.55. The third kappa shape index (κ3) is 3.65. The number of carbonyl (C=O) groups excluding carboxylic acids is 1. The van der Waals surface area contributed by atoms with Crippen LogP contribution < -0.4 is 5.32 Å². The number of anilines is 1. The summed E-state index contributed by atoms with van der Waals surface area (Å²) in [6.07, 6.45) is 0.775. The minimum absolute atomic E-state index is 0.0492. The van der Waals surface area contributed by atoms with Crippen molar-refractivity contribution in [2.24, 2.45) is 0 Å². The lowest BCUT2D eigenvalue weighted by molar-refractivity contribution is -0.119. The number of hydrogen-bond donors (Lipinski definition) is 1. The first-order chi connectivity index (χ1) is 8.78. The van der Waals surface area contributed by atoms with Crippen molar-refractivity contribution in [3.05, 3.63) is 47.0 Å². The van der Waals surface area contributed by atoms with Gasteiger partial charge >= 0.3 is 0 Å². The number of thiazole rings is 1. The van der Waals surface area contributed by atoms with Crippen LogP contribution in [0.5, 0.6) is 0 Å². The van der Waals surface area contributed by atoms with E-state index in [1.165, 1.54) is 24.0 Å². The molecule has 0 saturated heterocycles. The van der Waals surface area contributed by atoms with Crippen molar-refractivity contribution in [3.8, 4) is 0 Å². The average molecular weight is 262 g/mol. The van der Waals surface area contributed by atoms with E-state index in [1.54, 1.807) is 0 Å². The van der Waals surface area contributed by atoms with Crippen molar-refractivity contribution in [2.75, 3.05) is 19.0 Å². The SMILES string of the molecule is COCC(=O)Nc1nc(Cc2ccccc2)cs1. The van der Waals surface area contributed by atoms with Crippen LogP contribution in [0, 0.1) is 0 Å². The summed E-state index contributed by atoms with van der Waals surface area (Å²) in [5.74, 6) is -0.182. The van der Waals surface area contributed by atoms with Gasteiger partial charge in [0.15, 0.2) is 5.13 Å². The van der Waals surface area contributed by atoms with Crippen LogP contribution in [-0.4, -0.2) is 24.6 Å². The van der Waals surface area contributed by atoms with Gasteiger partial charge in [-0.05, 0) is 5.56 Å². The summed E-state index contributed by atoms with van der Waals surface area (Å²) in [6.45, 7) is 0.0492. The highest BCUT2D eigenvalue weighted by molar-refractivity contribution is 7.13. The van der Waals surface area contributed by atoms with E-state index < -0.39 is 0 Å². The molecule has 0 bridgehead atoms. The van der Waals surface area contributed by atoms with Crippen molar-refractivity contribution in [1.82, 2.24) is 4.98 Å². The van der Waals surface area contributed by atoms with Crippen LogP contribution >= 0.6 is 11.3 Å². The smallest absolute Gasteiger partial charge is 0.252 e. The van der Waals surface area contributed by atoms with Crippen LogP contribution in [0.4, 0.5) is 5.13 Å². The molecule has 0 aliphatic rings. The Bertz CT molecular complexity index is 511. The Balaban J connectivity index is 1.96. The summed E-state index contributed by atoms with van der Waals surface area (Å²) >= 11 is 1.42. The van der Waals surface area contributed by atoms with Crippen molar-refractivity contribution < 1.29 is 9.53 Å². The average Bonchev–Trinajstić information content (AvgIpc) is 2.78. The zero-order valence-electron chi connectivity index (χ0n) is 10.1. The number of aromatic nitrogens is 1. The third-order valence-electron chi connectivity index (χ3n) is 2.30. The first-order valence-corrected chi connectivity index (χ1v) is 6.43. The fourth-order valence-electron chi connectivity index (χ4n) is 1.54. The van der Waals surface area contributed by atoms with Crippen molar-refractivity contribution in [3.63, 3.8) is 0 Å². The molecular formula is C13H14N2O2S. The lowest BCUT2D eigenvalue weighted by atomic mass is 10.1. The highest BCUT2D eigenvalue weighted by Gasteiger charge is 2.06. The van der Waals surface area contributed by atoms with Crippen LogP contribution in [0.3, 0.4) is 0 Å². The van der Waals surface area contributed by atoms with Crippen LogP contribution in [0.2, 0.25) is 0 Å². The summed E-state index contributed by atoms with van der Waals surface area (Å²) < 4.78 is 4.74. The molecule has 0 atom stereocenters. The molecule has 1 N–H and O–H groups in total. The molecule has 4 nitrogen and oxygen atoms in total. The fraction of sp³-hybridized carbons (Fsp3) is 0.231. The second-order valence-electron chi connectivity index (χ2n) is 3.79. The van der Waals surface area contributed by atoms with E-state index >= 15 is 0 Å². The molecule has 0 radical (unpaired) electrons. The maximum Gasteiger partial charge on any atom is 0.252 e. The number of rotatable bonds is 5. The van der Waals surface area contributed by atoms with Gasteiger partial charge in [-0.1, -0.05) is 30.3 Å². The van der Waals surface area contributed by atoms with Gasteiger partial charge in [-0.3, -0.25) is 10.1 Å². The standard InChI is InChI=1S/C13H14N2O2S/c1-17-8-12(16)15-13-14-11(9-18-13)7-10-5-3-2-4-6-10/h2-6,9H,7-8H2,1H3,(H,14,15,16). The third-order valence-corrected chi connectivity index (χ3v) is 3.11. The number of benzene rings is 1. The molecule has 0 fully saturated rings. The van der Waals surface area contributed by atoms with Gasteiger partial charge in [0.1, 0.15) is 6.61 Å². The zero-order valence-corrected chi connectivity index (χ0v) is 10.9. The van der Waals surface area contributed by atoms with Gasteiger partial charge in [0.25, 0.3) is 5.91 Å². The topological polar surface area (TPSA) is 51.2 Å². The van der Waals surface area contributed by atoms with Crippen LogP contribution in [0.1, 0.15) is 11.3 Å². The van der Waals surface area contributed by atoms with Crippen molar-refractivity contribution in [2.45, 2.75) is 6.42 Å². The summed E-state index contributed by atoms with van der Waals surface area (Å²) in [4.78, 5) is 15.7. The van der Waals surface area contributed by atoms with Gasteiger partial charge < -0.3 is 4.74 Å². The molecule has 1 aromatic heterocycles. The normalized spacial score (nSPS) is 10.3. The number of nitrogens with one attached hydrogen (secondary N) is 1. The Labute approximate surface area is 110 Å². The molecule has 18 heavy (non-hydrogen) atoms. The Kier molecular flexibility index (Phi) is 4.44. The molecule has 94 valence electrons. The van der Waals surface area contributed by atoms with E-state index in [9.17, 15) is 4.79 Å². The van der Waals surface area contributed by atoms with E-state index in [1.807, 2.05) is 23.6 Å². The molecule has 1 aromatic carbocycles. The van der Waals surface area contributed by atoms with E-state index in [0.29, 0.717) is 5.13 Å². The van der Waals surface area contributed by atoms with E-state index in [2.05, 4.69) is 22.4 Å². The van der Waals surface area contributed by atoms with Gasteiger partial charge in [-0.15, -0.1) is 11.3 Å². The minimum atomic E-state index is -0.182. The van der Waals surface area contributed by atoms with Gasteiger partial charge in [-0.2, -0.15) is 0 Å². The van der Waals surface area contributed by atoms with E-state index in [4.69, 9.17) is 4.74 Å². The second-order valence-corrected chi connectivity index (χ2v) is 4.65. The first kappa shape index (κ1) is 12.7. The molecular weight excluding hydrogens is 248 g/mol. The lowest BCUT2D eigenvalue weighted by Crippen LogP contribution is -2.16. The monoisotopic (exact) mass is 262 g/mol.